The van der Waals surface area contributed by atoms with Crippen molar-refractivity contribution >= 4 is 24.4 Å². The van der Waals surface area contributed by atoms with Gasteiger partial charge in [0, 0.05) is 22.3 Å². The van der Waals surface area contributed by atoms with E-state index in [0.717, 1.165) is 67.3 Å². The molecule has 0 aliphatic rings. The van der Waals surface area contributed by atoms with Gasteiger partial charge in [0.15, 0.2) is 8.80 Å². The van der Waals surface area contributed by atoms with Crippen LogP contribution < -0.4 is 15.6 Å². The molecule has 1 radical (unpaired) electrons. The third kappa shape index (κ3) is 7.47. The summed E-state index contributed by atoms with van der Waals surface area (Å²) in [5.41, 5.74) is 12.7. The second-order valence-electron chi connectivity index (χ2n) is 13.6. The number of hydrogen-bond donors (Lipinski definition) is 0. The van der Waals surface area contributed by atoms with Crippen LogP contribution in [0.4, 0.5) is 0 Å². The van der Waals surface area contributed by atoms with Crippen molar-refractivity contribution in [2.45, 2.75) is 0 Å². The Morgan fingerprint density at radius 3 is 0.764 bits per heavy atom. The molecule has 0 amide bonds. The van der Waals surface area contributed by atoms with Gasteiger partial charge in [0.1, 0.15) is 0 Å². The molecule has 55 heavy (non-hydrogen) atoms. The van der Waals surface area contributed by atoms with E-state index < -0.39 is 8.80 Å². The fourth-order valence-corrected chi connectivity index (χ4v) is 9.89. The maximum absolute atomic E-state index is 5.22. The summed E-state index contributed by atoms with van der Waals surface area (Å²) in [5, 5.41) is 4.00. The van der Waals surface area contributed by atoms with E-state index in [1.54, 1.807) is 0 Å². The van der Waals surface area contributed by atoms with Crippen molar-refractivity contribution in [3.05, 3.63) is 224 Å². The first-order valence-electron chi connectivity index (χ1n) is 18.6. The molecule has 7 aromatic carbocycles. The van der Waals surface area contributed by atoms with Crippen molar-refractivity contribution in [2.24, 2.45) is 0 Å². The maximum Gasteiger partial charge on any atom is 0.154 e. The van der Waals surface area contributed by atoms with Gasteiger partial charge in [-0.15, -0.1) is 0 Å². The molecule has 9 aromatic rings. The molecule has 0 bridgehead atoms. The second kappa shape index (κ2) is 15.6. The van der Waals surface area contributed by atoms with Crippen LogP contribution in [0.1, 0.15) is 0 Å². The molecule has 9 rings (SSSR count). The first-order chi connectivity index (χ1) is 27.2. The van der Waals surface area contributed by atoms with Crippen molar-refractivity contribution in [1.29, 1.82) is 0 Å². The summed E-state index contributed by atoms with van der Waals surface area (Å²) in [7, 11) is -1.41. The molecular weight excluding hydrogens is 681 g/mol. The Hall–Kier alpha value is -6.94. The summed E-state index contributed by atoms with van der Waals surface area (Å²) >= 11 is 0. The largest absolute Gasteiger partial charge is 0.248 e. The molecule has 0 fully saturated rings. The zero-order valence-corrected chi connectivity index (χ0v) is 31.3. The van der Waals surface area contributed by atoms with Crippen LogP contribution in [0.5, 0.6) is 0 Å². The number of pyridine rings is 2. The Morgan fingerprint density at radius 2 is 0.473 bits per heavy atom. The highest BCUT2D eigenvalue weighted by Crippen LogP contribution is 2.35. The van der Waals surface area contributed by atoms with Crippen LogP contribution in [0.3, 0.4) is 0 Å². The average Bonchev–Trinajstić information content (AvgIpc) is 3.28. The van der Waals surface area contributed by atoms with E-state index in [-0.39, 0.29) is 0 Å². The number of nitrogens with zero attached hydrogens (tertiary/aromatic N) is 2. The maximum atomic E-state index is 5.22. The SMILES string of the molecule is c1ccc(-c2cc(-c3cc(-c4cc(-c5ccccc5)nc(-c5ccccc5)c4)cc([Si](c4ccccc4)c4ccccc4)c3)cc(-c3ccccc3)n2)cc1. The van der Waals surface area contributed by atoms with Gasteiger partial charge in [-0.1, -0.05) is 204 Å². The topological polar surface area (TPSA) is 25.8 Å². The quantitative estimate of drug-likeness (QED) is 0.110. The van der Waals surface area contributed by atoms with Crippen molar-refractivity contribution in [3.8, 4) is 67.3 Å². The molecule has 2 aromatic heterocycles. The van der Waals surface area contributed by atoms with Gasteiger partial charge >= 0.3 is 0 Å². The van der Waals surface area contributed by atoms with E-state index >= 15 is 0 Å². The summed E-state index contributed by atoms with van der Waals surface area (Å²) < 4.78 is 0. The van der Waals surface area contributed by atoms with E-state index in [1.807, 2.05) is 0 Å². The van der Waals surface area contributed by atoms with Gasteiger partial charge in [-0.3, -0.25) is 0 Å². The van der Waals surface area contributed by atoms with Gasteiger partial charge in [-0.2, -0.15) is 0 Å². The molecule has 0 atom stereocenters. The molecule has 2 nitrogen and oxygen atoms in total. The second-order valence-corrected chi connectivity index (χ2v) is 16.1. The molecule has 0 spiro atoms. The third-order valence-electron chi connectivity index (χ3n) is 9.94. The van der Waals surface area contributed by atoms with Gasteiger partial charge < -0.3 is 0 Å². The summed E-state index contributed by atoms with van der Waals surface area (Å²) in [4.78, 5) is 10.4. The standard InChI is InChI=1S/C52H37N2Si/c1-7-19-38(20-8-1)49-34-44(35-50(53-49)39-21-9-2-10-22-39)42-31-43(33-48(32-42)55(46-27-15-5-16-28-46)47-29-17-6-18-30-47)45-36-51(40-23-11-3-12-24-40)54-52(37-45)41-25-13-4-14-26-41/h1-37H. The van der Waals surface area contributed by atoms with E-state index in [0.29, 0.717) is 0 Å². The molecule has 0 aliphatic carbocycles. The molecule has 0 N–H and O–H groups in total. The summed E-state index contributed by atoms with van der Waals surface area (Å²) in [6.45, 7) is 0. The van der Waals surface area contributed by atoms with Crippen LogP contribution in [-0.2, 0) is 0 Å². The van der Waals surface area contributed by atoms with Crippen molar-refractivity contribution < 1.29 is 0 Å². The normalized spacial score (nSPS) is 11.1. The average molecular weight is 718 g/mol. The lowest BCUT2D eigenvalue weighted by atomic mass is 9.95. The summed E-state index contributed by atoms with van der Waals surface area (Å²) in [6, 6.07) is 80.2. The molecule has 0 aliphatic heterocycles. The van der Waals surface area contributed by atoms with E-state index in [4.69, 9.17) is 9.97 Å². The molecule has 259 valence electrons. The number of hydrogen-bond acceptors (Lipinski definition) is 2. The Morgan fingerprint density at radius 1 is 0.218 bits per heavy atom. The molecule has 3 heteroatoms. The zero-order valence-electron chi connectivity index (χ0n) is 30.3. The lowest BCUT2D eigenvalue weighted by Crippen LogP contribution is -2.52. The number of benzene rings is 7. The summed E-state index contributed by atoms with van der Waals surface area (Å²) in [6.07, 6.45) is 0. The van der Waals surface area contributed by atoms with Crippen LogP contribution in [0.25, 0.3) is 67.3 Å². The highest BCUT2D eigenvalue weighted by molar-refractivity contribution is 6.95. The third-order valence-corrected chi connectivity index (χ3v) is 12.6. The van der Waals surface area contributed by atoms with E-state index in [1.165, 1.54) is 15.6 Å². The monoisotopic (exact) mass is 717 g/mol. The number of rotatable bonds is 9. The smallest absolute Gasteiger partial charge is 0.154 e. The van der Waals surface area contributed by atoms with Crippen LogP contribution in [0, 0.1) is 0 Å². The van der Waals surface area contributed by atoms with Crippen LogP contribution in [-0.4, -0.2) is 18.8 Å². The van der Waals surface area contributed by atoms with E-state index in [9.17, 15) is 0 Å². The Bertz CT molecular complexity index is 2370. The molecule has 0 saturated heterocycles. The number of aromatic nitrogens is 2. The summed E-state index contributed by atoms with van der Waals surface area (Å²) in [5.74, 6) is 0. The highest BCUT2D eigenvalue weighted by atomic mass is 28.3. The molecular formula is C52H37N2Si. The van der Waals surface area contributed by atoms with Crippen molar-refractivity contribution in [2.75, 3.05) is 0 Å². The van der Waals surface area contributed by atoms with Gasteiger partial charge in [-0.05, 0) is 57.8 Å². The first-order valence-corrected chi connectivity index (χ1v) is 20.1. The fourth-order valence-electron chi connectivity index (χ4n) is 7.24. The lowest BCUT2D eigenvalue weighted by molar-refractivity contribution is 1.32. The fraction of sp³-hybridized carbons (Fsp3) is 0. The highest BCUT2D eigenvalue weighted by Gasteiger charge is 2.22. The van der Waals surface area contributed by atoms with Crippen molar-refractivity contribution in [1.82, 2.24) is 9.97 Å². The predicted octanol–water partition coefficient (Wildman–Crippen LogP) is 11.0. The zero-order chi connectivity index (χ0) is 36.8. The van der Waals surface area contributed by atoms with Gasteiger partial charge in [0.2, 0.25) is 0 Å². The van der Waals surface area contributed by atoms with E-state index in [2.05, 4.69) is 224 Å². The van der Waals surface area contributed by atoms with Crippen molar-refractivity contribution in [3.63, 3.8) is 0 Å². The Kier molecular flexibility index (Phi) is 9.59. The molecule has 2 heterocycles. The Balaban J connectivity index is 1.32. The molecule has 0 unspecified atom stereocenters. The minimum Gasteiger partial charge on any atom is -0.248 e. The van der Waals surface area contributed by atoms with Gasteiger partial charge in [0.05, 0.1) is 22.8 Å². The molecule has 0 saturated carbocycles. The Labute approximate surface area is 324 Å². The lowest BCUT2D eigenvalue weighted by Gasteiger charge is -2.20. The van der Waals surface area contributed by atoms with Gasteiger partial charge in [0.25, 0.3) is 0 Å². The van der Waals surface area contributed by atoms with Crippen LogP contribution in [0.15, 0.2) is 224 Å². The van der Waals surface area contributed by atoms with Crippen LogP contribution in [0.2, 0.25) is 0 Å². The minimum absolute atomic E-state index is 0.946. The minimum atomic E-state index is -1.41. The predicted molar refractivity (Wildman–Crippen MR) is 232 cm³/mol. The van der Waals surface area contributed by atoms with Crippen LogP contribution >= 0.6 is 0 Å². The first kappa shape index (κ1) is 33.9. The van der Waals surface area contributed by atoms with Gasteiger partial charge in [-0.25, -0.2) is 9.97 Å².